The molecule has 0 fully saturated rings. The second-order valence-electron chi connectivity index (χ2n) is 7.18. The number of hydrogen-bond donors (Lipinski definition) is 3. The van der Waals surface area contributed by atoms with Gasteiger partial charge in [0.2, 0.25) is 5.91 Å². The van der Waals surface area contributed by atoms with Gasteiger partial charge in [-0.25, -0.2) is 4.98 Å². The van der Waals surface area contributed by atoms with Crippen LogP contribution in [0.15, 0.2) is 66.7 Å². The molecule has 0 aliphatic rings. The fraction of sp³-hybridized carbons (Fsp3) is 0.167. The number of amides is 2. The zero-order valence-electron chi connectivity index (χ0n) is 17.6. The predicted molar refractivity (Wildman–Crippen MR) is 121 cm³/mol. The van der Waals surface area contributed by atoms with Gasteiger partial charge in [-0.1, -0.05) is 30.3 Å². The minimum Gasteiger partial charge on any atom is -0.497 e. The van der Waals surface area contributed by atoms with Crippen molar-refractivity contribution >= 4 is 22.6 Å². The smallest absolute Gasteiger partial charge is 0.251 e. The SMILES string of the molecule is COc1ccc(-c2n[nH]c(CNC(=O)CCNC(=O)c3ccc4ccccc4c3)n2)cc1. The van der Waals surface area contributed by atoms with Gasteiger partial charge in [-0.15, -0.1) is 0 Å². The van der Waals surface area contributed by atoms with Crippen LogP contribution in [0.1, 0.15) is 22.6 Å². The summed E-state index contributed by atoms with van der Waals surface area (Å²) in [6.45, 7) is 0.464. The number of aromatic nitrogens is 3. The Morgan fingerprint density at radius 1 is 0.969 bits per heavy atom. The molecular formula is C24H23N5O3. The van der Waals surface area contributed by atoms with Crippen LogP contribution in [0.5, 0.6) is 5.75 Å². The summed E-state index contributed by atoms with van der Waals surface area (Å²) in [5, 5.41) is 14.6. The number of ether oxygens (including phenoxy) is 1. The summed E-state index contributed by atoms with van der Waals surface area (Å²) < 4.78 is 5.14. The lowest BCUT2D eigenvalue weighted by atomic mass is 10.1. The van der Waals surface area contributed by atoms with Gasteiger partial charge in [0, 0.05) is 24.1 Å². The number of rotatable bonds is 8. The van der Waals surface area contributed by atoms with E-state index in [1.807, 2.05) is 60.7 Å². The van der Waals surface area contributed by atoms with Gasteiger partial charge in [-0.3, -0.25) is 14.7 Å². The molecule has 1 aromatic heterocycles. The molecule has 8 heteroatoms. The molecule has 0 spiro atoms. The topological polar surface area (TPSA) is 109 Å². The number of nitrogens with zero attached hydrogens (tertiary/aromatic N) is 2. The number of carbonyl (C=O) groups excluding carboxylic acids is 2. The van der Waals surface area contributed by atoms with Crippen LogP contribution in [-0.2, 0) is 11.3 Å². The van der Waals surface area contributed by atoms with Gasteiger partial charge >= 0.3 is 0 Å². The van der Waals surface area contributed by atoms with Crippen molar-refractivity contribution in [1.82, 2.24) is 25.8 Å². The van der Waals surface area contributed by atoms with E-state index < -0.39 is 0 Å². The maximum absolute atomic E-state index is 12.4. The molecule has 0 aliphatic heterocycles. The van der Waals surface area contributed by atoms with Crippen LogP contribution in [0.4, 0.5) is 0 Å². The molecule has 3 N–H and O–H groups in total. The van der Waals surface area contributed by atoms with Gasteiger partial charge < -0.3 is 15.4 Å². The number of benzene rings is 3. The highest BCUT2D eigenvalue weighted by atomic mass is 16.5. The number of methoxy groups -OCH3 is 1. The summed E-state index contributed by atoms with van der Waals surface area (Å²) in [4.78, 5) is 28.9. The summed E-state index contributed by atoms with van der Waals surface area (Å²) in [7, 11) is 1.61. The van der Waals surface area contributed by atoms with Crippen LogP contribution in [0, 0.1) is 0 Å². The van der Waals surface area contributed by atoms with Gasteiger partial charge in [0.05, 0.1) is 13.7 Å². The van der Waals surface area contributed by atoms with Crippen molar-refractivity contribution in [3.8, 4) is 17.1 Å². The molecule has 3 aromatic carbocycles. The highest BCUT2D eigenvalue weighted by molar-refractivity contribution is 5.98. The van der Waals surface area contributed by atoms with Crippen molar-refractivity contribution in [2.45, 2.75) is 13.0 Å². The minimum atomic E-state index is -0.206. The van der Waals surface area contributed by atoms with Crippen LogP contribution in [-0.4, -0.2) is 40.7 Å². The lowest BCUT2D eigenvalue weighted by Gasteiger charge is -2.07. The van der Waals surface area contributed by atoms with Gasteiger partial charge in [0.15, 0.2) is 5.82 Å². The van der Waals surface area contributed by atoms with Crippen molar-refractivity contribution in [2.75, 3.05) is 13.7 Å². The third kappa shape index (κ3) is 5.10. The van der Waals surface area contributed by atoms with Crippen molar-refractivity contribution in [1.29, 1.82) is 0 Å². The molecule has 4 aromatic rings. The summed E-state index contributed by atoms with van der Waals surface area (Å²) in [5.74, 6) is 1.45. The third-order valence-electron chi connectivity index (χ3n) is 4.98. The Bertz CT molecular complexity index is 1230. The number of hydrogen-bond acceptors (Lipinski definition) is 5. The van der Waals surface area contributed by atoms with E-state index in [0.717, 1.165) is 22.1 Å². The van der Waals surface area contributed by atoms with E-state index in [-0.39, 0.29) is 31.3 Å². The Balaban J connectivity index is 1.23. The number of fused-ring (bicyclic) bond motifs is 1. The predicted octanol–water partition coefficient (Wildman–Crippen LogP) is 3.07. The summed E-state index contributed by atoms with van der Waals surface area (Å²) in [6.07, 6.45) is 0.165. The zero-order valence-corrected chi connectivity index (χ0v) is 17.6. The summed E-state index contributed by atoms with van der Waals surface area (Å²) >= 11 is 0. The van der Waals surface area contributed by atoms with Crippen molar-refractivity contribution in [3.05, 3.63) is 78.1 Å². The van der Waals surface area contributed by atoms with Gasteiger partial charge in [-0.05, 0) is 47.2 Å². The monoisotopic (exact) mass is 429 g/mol. The minimum absolute atomic E-state index is 0.165. The lowest BCUT2D eigenvalue weighted by Crippen LogP contribution is -2.30. The molecule has 0 saturated carbocycles. The van der Waals surface area contributed by atoms with Crippen molar-refractivity contribution < 1.29 is 14.3 Å². The summed E-state index contributed by atoms with van der Waals surface area (Å²) in [5.41, 5.74) is 1.41. The van der Waals surface area contributed by atoms with Crippen molar-refractivity contribution in [2.24, 2.45) is 0 Å². The first-order valence-corrected chi connectivity index (χ1v) is 10.2. The number of aromatic amines is 1. The van der Waals surface area contributed by atoms with Crippen molar-refractivity contribution in [3.63, 3.8) is 0 Å². The molecule has 0 unspecified atom stereocenters. The Morgan fingerprint density at radius 3 is 2.53 bits per heavy atom. The Kier molecular flexibility index (Phi) is 6.41. The zero-order chi connectivity index (χ0) is 22.3. The average molecular weight is 429 g/mol. The highest BCUT2D eigenvalue weighted by Crippen LogP contribution is 2.19. The number of carbonyl (C=O) groups is 2. The molecule has 0 radical (unpaired) electrons. The van der Waals surface area contributed by atoms with E-state index in [9.17, 15) is 9.59 Å². The van der Waals surface area contributed by atoms with E-state index in [1.54, 1.807) is 13.2 Å². The Hall–Kier alpha value is -4.20. The van der Waals surface area contributed by atoms with E-state index in [0.29, 0.717) is 17.2 Å². The van der Waals surface area contributed by atoms with Crippen LogP contribution in [0.3, 0.4) is 0 Å². The van der Waals surface area contributed by atoms with Crippen LogP contribution >= 0.6 is 0 Å². The molecule has 1 heterocycles. The van der Waals surface area contributed by atoms with Gasteiger partial charge in [0.1, 0.15) is 11.6 Å². The standard InChI is InChI=1S/C24H23N5O3/c1-32-20-10-8-17(9-11-20)23-27-21(28-29-23)15-26-22(30)12-13-25-24(31)19-7-6-16-4-2-3-5-18(16)14-19/h2-11,14H,12-13,15H2,1H3,(H,25,31)(H,26,30)(H,27,28,29). The van der Waals surface area contributed by atoms with Crippen LogP contribution in [0.25, 0.3) is 22.2 Å². The average Bonchev–Trinajstić information content (AvgIpc) is 3.31. The Labute approximate surface area is 185 Å². The van der Waals surface area contributed by atoms with E-state index in [1.165, 1.54) is 0 Å². The molecule has 0 atom stereocenters. The fourth-order valence-electron chi connectivity index (χ4n) is 3.24. The first kappa shape index (κ1) is 21.0. The normalized spacial score (nSPS) is 10.7. The molecule has 0 aliphatic carbocycles. The summed E-state index contributed by atoms with van der Waals surface area (Å²) in [6, 6.07) is 20.8. The number of nitrogens with one attached hydrogen (secondary N) is 3. The van der Waals surface area contributed by atoms with E-state index >= 15 is 0 Å². The molecule has 4 rings (SSSR count). The molecule has 162 valence electrons. The number of H-pyrrole nitrogens is 1. The van der Waals surface area contributed by atoms with Crippen LogP contribution in [0.2, 0.25) is 0 Å². The molecule has 2 amide bonds. The third-order valence-corrected chi connectivity index (χ3v) is 4.98. The highest BCUT2D eigenvalue weighted by Gasteiger charge is 2.10. The van der Waals surface area contributed by atoms with Gasteiger partial charge in [0.25, 0.3) is 5.91 Å². The first-order valence-electron chi connectivity index (χ1n) is 10.2. The van der Waals surface area contributed by atoms with Gasteiger partial charge in [-0.2, -0.15) is 5.10 Å². The van der Waals surface area contributed by atoms with Crippen LogP contribution < -0.4 is 15.4 Å². The molecule has 0 saturated heterocycles. The second kappa shape index (κ2) is 9.74. The maximum atomic E-state index is 12.4. The second-order valence-corrected chi connectivity index (χ2v) is 7.18. The van der Waals surface area contributed by atoms with E-state index in [4.69, 9.17) is 4.74 Å². The molecule has 8 nitrogen and oxygen atoms in total. The first-order chi connectivity index (χ1) is 15.6. The fourth-order valence-corrected chi connectivity index (χ4v) is 3.24. The maximum Gasteiger partial charge on any atom is 0.251 e. The Morgan fingerprint density at radius 2 is 1.75 bits per heavy atom. The van der Waals surface area contributed by atoms with E-state index in [2.05, 4.69) is 25.8 Å². The largest absolute Gasteiger partial charge is 0.497 e. The lowest BCUT2D eigenvalue weighted by molar-refractivity contribution is -0.121. The molecular weight excluding hydrogens is 406 g/mol. The molecule has 0 bridgehead atoms. The quantitative estimate of drug-likeness (QED) is 0.399. The molecule has 32 heavy (non-hydrogen) atoms.